The molecule has 0 saturated carbocycles. The zero-order chi connectivity index (χ0) is 24.2. The Morgan fingerprint density at radius 3 is 2.43 bits per heavy atom. The van der Waals surface area contributed by atoms with Crippen molar-refractivity contribution in [3.8, 4) is 17.0 Å². The molecule has 5 nitrogen and oxygen atoms in total. The fourth-order valence-corrected chi connectivity index (χ4v) is 4.98. The van der Waals surface area contributed by atoms with Crippen LogP contribution in [0.25, 0.3) is 21.9 Å². The minimum absolute atomic E-state index is 0.0516. The van der Waals surface area contributed by atoms with Crippen molar-refractivity contribution >= 4 is 28.0 Å². The fraction of sp³-hybridized carbons (Fsp3) is 0.103. The van der Waals surface area contributed by atoms with Crippen LogP contribution in [0.1, 0.15) is 26.4 Å². The quantitative estimate of drug-likeness (QED) is 0.287. The molecule has 0 fully saturated rings. The number of fused-ring (bicyclic) bond motifs is 1. The average Bonchev–Trinajstić information content (AvgIpc) is 3.20. The lowest BCUT2D eigenvalue weighted by molar-refractivity contribution is 0.0956. The van der Waals surface area contributed by atoms with Gasteiger partial charge in [-0.1, -0.05) is 96.3 Å². The largest absolute Gasteiger partial charge is 0.494 e. The van der Waals surface area contributed by atoms with E-state index in [-0.39, 0.29) is 16.7 Å². The van der Waals surface area contributed by atoms with Gasteiger partial charge >= 0.3 is 4.87 Å². The second kappa shape index (κ2) is 9.99. The first-order valence-corrected chi connectivity index (χ1v) is 12.2. The first kappa shape index (κ1) is 22.6. The Kier molecular flexibility index (Phi) is 6.46. The highest BCUT2D eigenvalue weighted by atomic mass is 32.1. The number of thiazole rings is 1. The molecule has 0 aliphatic carbocycles. The highest BCUT2D eigenvalue weighted by Gasteiger charge is 2.10. The number of hydrogen-bond acceptors (Lipinski definition) is 4. The van der Waals surface area contributed by atoms with E-state index in [1.165, 1.54) is 0 Å². The molecule has 35 heavy (non-hydrogen) atoms. The molecule has 0 bridgehead atoms. The topological polar surface area (TPSA) is 82.2 Å². The monoisotopic (exact) mass is 480 g/mol. The molecule has 0 unspecified atom stereocenters. The van der Waals surface area contributed by atoms with Crippen LogP contribution in [0.2, 0.25) is 0 Å². The molecule has 1 aromatic heterocycles. The van der Waals surface area contributed by atoms with Crippen molar-refractivity contribution in [3.05, 3.63) is 122 Å². The van der Waals surface area contributed by atoms with Crippen LogP contribution >= 0.6 is 11.3 Å². The molecule has 1 amide bonds. The van der Waals surface area contributed by atoms with Crippen LogP contribution in [0.3, 0.4) is 0 Å². The molecule has 4 aromatic carbocycles. The van der Waals surface area contributed by atoms with E-state index in [4.69, 9.17) is 0 Å². The second-order valence-electron chi connectivity index (χ2n) is 8.39. The second-order valence-corrected chi connectivity index (χ2v) is 9.46. The number of aromatic amines is 1. The third kappa shape index (κ3) is 5.18. The van der Waals surface area contributed by atoms with E-state index in [0.717, 1.165) is 50.8 Å². The summed E-state index contributed by atoms with van der Waals surface area (Å²) in [6.45, 7) is 0.549. The molecular formula is C29H24N2O3S. The molecular weight excluding hydrogens is 456 g/mol. The van der Waals surface area contributed by atoms with E-state index in [1.807, 2.05) is 72.8 Å². The summed E-state index contributed by atoms with van der Waals surface area (Å²) in [4.78, 5) is 27.0. The van der Waals surface area contributed by atoms with Crippen LogP contribution in [-0.4, -0.2) is 22.5 Å². The van der Waals surface area contributed by atoms with Crippen LogP contribution < -0.4 is 10.2 Å². The third-order valence-electron chi connectivity index (χ3n) is 6.01. The Balaban J connectivity index is 1.22. The van der Waals surface area contributed by atoms with Crippen molar-refractivity contribution in [1.29, 1.82) is 0 Å². The summed E-state index contributed by atoms with van der Waals surface area (Å²) in [7, 11) is 0. The highest BCUT2D eigenvalue weighted by Crippen LogP contribution is 2.24. The molecule has 6 heteroatoms. The number of carbonyl (C=O) groups is 1. The van der Waals surface area contributed by atoms with Gasteiger partial charge in [0.1, 0.15) is 0 Å². The summed E-state index contributed by atoms with van der Waals surface area (Å²) in [5, 5.41) is 14.9. The van der Waals surface area contributed by atoms with Gasteiger partial charge in [-0.3, -0.25) is 14.6 Å². The Morgan fingerprint density at radius 1 is 0.857 bits per heavy atom. The van der Waals surface area contributed by atoms with Crippen molar-refractivity contribution < 1.29 is 9.90 Å². The van der Waals surface area contributed by atoms with Crippen LogP contribution in [0, 0.1) is 0 Å². The zero-order valence-corrected chi connectivity index (χ0v) is 19.8. The number of H-pyrrole nitrogens is 1. The molecule has 0 aliphatic rings. The molecule has 3 N–H and O–H groups in total. The number of nitrogens with one attached hydrogen (secondary N) is 2. The first-order chi connectivity index (χ1) is 17.1. The molecule has 0 saturated heterocycles. The van der Waals surface area contributed by atoms with Crippen molar-refractivity contribution in [1.82, 2.24) is 10.3 Å². The Morgan fingerprint density at radius 2 is 1.63 bits per heavy atom. The SMILES string of the molecule is O=C(NCCc1cccc(-c2ccc(Cc3sc(=O)[nH]c3O)cc2)c1)c1cccc2ccccc12. The maximum Gasteiger partial charge on any atom is 0.307 e. The van der Waals surface area contributed by atoms with Gasteiger partial charge in [-0.25, -0.2) is 0 Å². The molecule has 5 aromatic rings. The molecule has 5 rings (SSSR count). The Bertz CT molecular complexity index is 1550. The minimum atomic E-state index is -0.251. The van der Waals surface area contributed by atoms with Crippen molar-refractivity contribution in [2.45, 2.75) is 12.8 Å². The van der Waals surface area contributed by atoms with Crippen molar-refractivity contribution in [2.75, 3.05) is 6.54 Å². The van der Waals surface area contributed by atoms with Gasteiger partial charge < -0.3 is 10.4 Å². The lowest BCUT2D eigenvalue weighted by Gasteiger charge is -2.10. The van der Waals surface area contributed by atoms with Crippen LogP contribution in [0.5, 0.6) is 5.88 Å². The van der Waals surface area contributed by atoms with E-state index in [2.05, 4.69) is 28.5 Å². The van der Waals surface area contributed by atoms with Gasteiger partial charge in [-0.2, -0.15) is 0 Å². The summed E-state index contributed by atoms with van der Waals surface area (Å²) in [6, 6.07) is 30.1. The normalized spacial score (nSPS) is 11.0. The van der Waals surface area contributed by atoms with Crippen LogP contribution in [-0.2, 0) is 12.8 Å². The zero-order valence-electron chi connectivity index (χ0n) is 19.0. The molecule has 0 spiro atoms. The molecule has 174 valence electrons. The van der Waals surface area contributed by atoms with Gasteiger partial charge in [0.15, 0.2) is 0 Å². The number of aromatic hydroxyl groups is 1. The summed E-state index contributed by atoms with van der Waals surface area (Å²) in [6.07, 6.45) is 1.24. The lowest BCUT2D eigenvalue weighted by atomic mass is 10.00. The standard InChI is InChI=1S/C29H24N2O3S/c32-27(25-10-4-7-22-6-1-2-9-24(22)25)30-16-15-19-5-3-8-23(17-19)21-13-11-20(12-14-21)18-26-28(33)31-29(34)35-26/h1-14,17,33H,15-16,18H2,(H,30,32)(H,31,34). The fourth-order valence-electron chi connectivity index (χ4n) is 4.22. The van der Waals surface area contributed by atoms with Gasteiger partial charge in [0.05, 0.1) is 4.88 Å². The lowest BCUT2D eigenvalue weighted by Crippen LogP contribution is -2.25. The maximum atomic E-state index is 12.8. The molecule has 0 aliphatic heterocycles. The van der Waals surface area contributed by atoms with Gasteiger partial charge in [-0.15, -0.1) is 0 Å². The summed E-state index contributed by atoms with van der Waals surface area (Å²) in [5.74, 6) is -0.114. The van der Waals surface area contributed by atoms with Crippen molar-refractivity contribution in [3.63, 3.8) is 0 Å². The van der Waals surface area contributed by atoms with E-state index in [9.17, 15) is 14.7 Å². The Labute approximate surface area is 206 Å². The number of hydrogen-bond donors (Lipinski definition) is 3. The number of aromatic nitrogens is 1. The van der Waals surface area contributed by atoms with Gasteiger partial charge in [0.2, 0.25) is 5.88 Å². The Hall–Kier alpha value is -4.16. The minimum Gasteiger partial charge on any atom is -0.494 e. The predicted molar refractivity (Wildman–Crippen MR) is 141 cm³/mol. The average molecular weight is 481 g/mol. The van der Waals surface area contributed by atoms with E-state index >= 15 is 0 Å². The van der Waals surface area contributed by atoms with E-state index in [1.54, 1.807) is 0 Å². The number of benzene rings is 4. The van der Waals surface area contributed by atoms with Crippen LogP contribution in [0.4, 0.5) is 0 Å². The van der Waals surface area contributed by atoms with E-state index in [0.29, 0.717) is 23.4 Å². The molecule has 0 radical (unpaired) electrons. The smallest absolute Gasteiger partial charge is 0.307 e. The predicted octanol–water partition coefficient (Wildman–Crippen LogP) is 5.53. The third-order valence-corrected chi connectivity index (χ3v) is 6.88. The molecule has 0 atom stereocenters. The van der Waals surface area contributed by atoms with Crippen LogP contribution in [0.15, 0.2) is 95.8 Å². The number of rotatable bonds is 7. The number of amides is 1. The van der Waals surface area contributed by atoms with Gasteiger partial charge in [-0.05, 0) is 45.5 Å². The summed E-state index contributed by atoms with van der Waals surface area (Å²) >= 11 is 1.03. The van der Waals surface area contributed by atoms with E-state index < -0.39 is 0 Å². The molecule has 1 heterocycles. The summed E-state index contributed by atoms with van der Waals surface area (Å²) < 4.78 is 0. The first-order valence-electron chi connectivity index (χ1n) is 11.4. The van der Waals surface area contributed by atoms with Gasteiger partial charge in [0.25, 0.3) is 5.91 Å². The highest BCUT2D eigenvalue weighted by molar-refractivity contribution is 7.09. The summed E-state index contributed by atoms with van der Waals surface area (Å²) in [5.41, 5.74) is 5.04. The van der Waals surface area contributed by atoms with Gasteiger partial charge in [0, 0.05) is 18.5 Å². The maximum absolute atomic E-state index is 12.8. The number of carbonyl (C=O) groups excluding carboxylic acids is 1. The van der Waals surface area contributed by atoms with Crippen molar-refractivity contribution in [2.24, 2.45) is 0 Å².